The second-order valence-corrected chi connectivity index (χ2v) is 8.85. The molecule has 0 aliphatic carbocycles. The highest BCUT2D eigenvalue weighted by atomic mass is 79.9. The molecule has 4 rings (SSSR count). The Morgan fingerprint density at radius 2 is 1.58 bits per heavy atom. The summed E-state index contributed by atoms with van der Waals surface area (Å²) in [6.45, 7) is 1.94. The van der Waals surface area contributed by atoms with Gasteiger partial charge in [-0.25, -0.2) is 0 Å². The van der Waals surface area contributed by atoms with Gasteiger partial charge in [-0.2, -0.15) is 0 Å². The lowest BCUT2D eigenvalue weighted by Crippen LogP contribution is -2.32. The molecule has 0 aromatic heterocycles. The number of carbonyl (C=O) groups is 2. The fourth-order valence-corrected chi connectivity index (χ4v) is 4.67. The second kappa shape index (κ2) is 9.67. The van der Waals surface area contributed by atoms with Crippen LogP contribution in [0.3, 0.4) is 0 Å². The lowest BCUT2D eigenvalue weighted by molar-refractivity contribution is -0.122. The summed E-state index contributed by atoms with van der Waals surface area (Å²) in [5, 5.41) is 3.03. The van der Waals surface area contributed by atoms with E-state index in [0.717, 1.165) is 27.0 Å². The largest absolute Gasteiger partial charge is 0.497 e. The van der Waals surface area contributed by atoms with Gasteiger partial charge in [0.25, 0.3) is 0 Å². The second-order valence-electron chi connectivity index (χ2n) is 7.94. The van der Waals surface area contributed by atoms with Crippen molar-refractivity contribution >= 4 is 39.1 Å². The van der Waals surface area contributed by atoms with Crippen LogP contribution in [0, 0.1) is 12.8 Å². The highest BCUT2D eigenvalue weighted by Crippen LogP contribution is 2.42. The Morgan fingerprint density at radius 1 is 0.970 bits per heavy atom. The molecule has 3 aromatic rings. The first-order chi connectivity index (χ1) is 15.9. The number of carbonyl (C=O) groups excluding carboxylic acids is 2. The molecule has 6 nitrogen and oxygen atoms in total. The van der Waals surface area contributed by atoms with Gasteiger partial charge in [-0.1, -0.05) is 28.1 Å². The Labute approximate surface area is 201 Å². The molecule has 1 aliphatic rings. The molecule has 0 radical (unpaired) electrons. The molecule has 0 saturated carbocycles. The van der Waals surface area contributed by atoms with Crippen LogP contribution in [0.15, 0.2) is 71.2 Å². The van der Waals surface area contributed by atoms with Crippen LogP contribution in [0.25, 0.3) is 0 Å². The van der Waals surface area contributed by atoms with Gasteiger partial charge >= 0.3 is 0 Å². The van der Waals surface area contributed by atoms with E-state index in [1.807, 2.05) is 73.7 Å². The monoisotopic (exact) mass is 508 g/mol. The first kappa shape index (κ1) is 22.9. The van der Waals surface area contributed by atoms with E-state index in [-0.39, 0.29) is 18.2 Å². The van der Waals surface area contributed by atoms with E-state index in [2.05, 4.69) is 21.2 Å². The fraction of sp³-hybridized carbons (Fsp3) is 0.231. The maximum atomic E-state index is 13.4. The average molecular weight is 509 g/mol. The Morgan fingerprint density at radius 3 is 2.15 bits per heavy atom. The number of halogens is 1. The predicted octanol–water partition coefficient (Wildman–Crippen LogP) is 5.51. The highest BCUT2D eigenvalue weighted by Gasteiger charge is 2.45. The molecule has 0 spiro atoms. The van der Waals surface area contributed by atoms with Gasteiger partial charge in [-0.3, -0.25) is 9.59 Å². The third kappa shape index (κ3) is 4.73. The van der Waals surface area contributed by atoms with Gasteiger partial charge in [-0.05, 0) is 72.6 Å². The molecular weight excluding hydrogens is 484 g/mol. The number of nitrogens with one attached hydrogen (secondary N) is 1. The first-order valence-electron chi connectivity index (χ1n) is 10.6. The summed E-state index contributed by atoms with van der Waals surface area (Å²) < 4.78 is 11.5. The van der Waals surface area contributed by atoms with Crippen molar-refractivity contribution in [3.05, 3.63) is 82.3 Å². The van der Waals surface area contributed by atoms with Crippen molar-refractivity contribution in [3.8, 4) is 11.5 Å². The number of methoxy groups -OCH3 is 2. The van der Waals surface area contributed by atoms with Crippen molar-refractivity contribution in [1.82, 2.24) is 0 Å². The smallest absolute Gasteiger partial charge is 0.230 e. The van der Waals surface area contributed by atoms with Crippen LogP contribution in [0.2, 0.25) is 0 Å². The lowest BCUT2D eigenvalue weighted by atomic mass is 9.92. The van der Waals surface area contributed by atoms with Crippen molar-refractivity contribution in [3.63, 3.8) is 0 Å². The van der Waals surface area contributed by atoms with E-state index >= 15 is 0 Å². The minimum atomic E-state index is -0.559. The summed E-state index contributed by atoms with van der Waals surface area (Å²) in [5.41, 5.74) is 3.25. The van der Waals surface area contributed by atoms with Gasteiger partial charge in [0.05, 0.1) is 26.2 Å². The van der Waals surface area contributed by atoms with Gasteiger partial charge in [0.1, 0.15) is 11.5 Å². The van der Waals surface area contributed by atoms with Crippen molar-refractivity contribution in [2.45, 2.75) is 19.4 Å². The van der Waals surface area contributed by atoms with E-state index in [4.69, 9.17) is 9.47 Å². The Bertz CT molecular complexity index is 1160. The zero-order chi connectivity index (χ0) is 23.5. The molecule has 2 atom stereocenters. The number of aryl methyl sites for hydroxylation is 1. The minimum Gasteiger partial charge on any atom is -0.497 e. The van der Waals surface area contributed by atoms with Crippen molar-refractivity contribution < 1.29 is 19.1 Å². The number of nitrogens with zero attached hydrogens (tertiary/aromatic N) is 1. The molecule has 1 N–H and O–H groups in total. The Balaban J connectivity index is 1.71. The SMILES string of the molecule is COc1ccc([C@H]2[C@@H](C(=O)Nc3ccc(Br)cc3C)CC(=O)N2c2ccc(OC)cc2)cc1. The van der Waals surface area contributed by atoms with E-state index in [0.29, 0.717) is 11.5 Å². The van der Waals surface area contributed by atoms with Crippen LogP contribution in [-0.4, -0.2) is 26.0 Å². The van der Waals surface area contributed by atoms with Gasteiger partial charge in [-0.15, -0.1) is 0 Å². The maximum Gasteiger partial charge on any atom is 0.230 e. The number of amides is 2. The fourth-order valence-electron chi connectivity index (χ4n) is 4.19. The molecule has 170 valence electrons. The molecule has 1 heterocycles. The zero-order valence-electron chi connectivity index (χ0n) is 18.7. The lowest BCUT2D eigenvalue weighted by Gasteiger charge is -2.29. The van der Waals surface area contributed by atoms with E-state index < -0.39 is 12.0 Å². The van der Waals surface area contributed by atoms with Crippen LogP contribution >= 0.6 is 15.9 Å². The number of rotatable bonds is 6. The molecule has 1 fully saturated rings. The summed E-state index contributed by atoms with van der Waals surface area (Å²) in [4.78, 5) is 28.3. The maximum absolute atomic E-state index is 13.4. The number of hydrogen-bond donors (Lipinski definition) is 1. The molecule has 0 unspecified atom stereocenters. The van der Waals surface area contributed by atoms with Crippen molar-refractivity contribution in [2.75, 3.05) is 24.4 Å². The molecule has 0 bridgehead atoms. The summed E-state index contributed by atoms with van der Waals surface area (Å²) in [6.07, 6.45) is 0.115. The summed E-state index contributed by atoms with van der Waals surface area (Å²) in [7, 11) is 3.20. The van der Waals surface area contributed by atoms with Gasteiger partial charge in [0, 0.05) is 22.3 Å². The van der Waals surface area contributed by atoms with Gasteiger partial charge in [0.15, 0.2) is 0 Å². The Kier molecular flexibility index (Phi) is 6.70. The summed E-state index contributed by atoms with van der Waals surface area (Å²) >= 11 is 3.45. The number of anilines is 2. The molecule has 2 amide bonds. The van der Waals surface area contributed by atoms with E-state index in [1.54, 1.807) is 19.1 Å². The van der Waals surface area contributed by atoms with Crippen LogP contribution in [-0.2, 0) is 9.59 Å². The Hall–Kier alpha value is -3.32. The molecule has 1 saturated heterocycles. The number of ether oxygens (including phenoxy) is 2. The first-order valence-corrected chi connectivity index (χ1v) is 11.4. The predicted molar refractivity (Wildman–Crippen MR) is 132 cm³/mol. The standard InChI is InChI=1S/C26H25BrN2O4/c1-16-14-18(27)6-13-23(16)28-26(31)22-15-24(30)29(19-7-11-21(33-3)12-8-19)25(22)17-4-9-20(32-2)10-5-17/h4-14,22,25H,15H2,1-3H3,(H,28,31)/t22-,25-/m0/s1. The van der Waals surface area contributed by atoms with Crippen LogP contribution in [0.4, 0.5) is 11.4 Å². The third-order valence-corrected chi connectivity index (χ3v) is 6.41. The summed E-state index contributed by atoms with van der Waals surface area (Å²) in [6, 6.07) is 20.0. The van der Waals surface area contributed by atoms with Crippen molar-refractivity contribution in [2.24, 2.45) is 5.92 Å². The van der Waals surface area contributed by atoms with Crippen LogP contribution < -0.4 is 19.7 Å². The molecule has 33 heavy (non-hydrogen) atoms. The van der Waals surface area contributed by atoms with Crippen LogP contribution in [0.5, 0.6) is 11.5 Å². The normalized spacial score (nSPS) is 17.7. The average Bonchev–Trinajstić information content (AvgIpc) is 3.18. The topological polar surface area (TPSA) is 67.9 Å². The zero-order valence-corrected chi connectivity index (χ0v) is 20.3. The number of benzene rings is 3. The van der Waals surface area contributed by atoms with E-state index in [1.165, 1.54) is 0 Å². The third-order valence-electron chi connectivity index (χ3n) is 5.91. The molecule has 3 aromatic carbocycles. The van der Waals surface area contributed by atoms with Gasteiger partial charge < -0.3 is 19.7 Å². The van der Waals surface area contributed by atoms with Crippen molar-refractivity contribution in [1.29, 1.82) is 0 Å². The number of hydrogen-bond acceptors (Lipinski definition) is 4. The molecule has 1 aliphatic heterocycles. The van der Waals surface area contributed by atoms with Gasteiger partial charge in [0.2, 0.25) is 11.8 Å². The van der Waals surface area contributed by atoms with E-state index in [9.17, 15) is 9.59 Å². The summed E-state index contributed by atoms with van der Waals surface area (Å²) in [5.74, 6) is 0.562. The minimum absolute atomic E-state index is 0.103. The molecular formula is C26H25BrN2O4. The highest BCUT2D eigenvalue weighted by molar-refractivity contribution is 9.10. The molecule has 7 heteroatoms. The quantitative estimate of drug-likeness (QED) is 0.476. The van der Waals surface area contributed by atoms with Crippen LogP contribution in [0.1, 0.15) is 23.6 Å².